The molecule has 4 N–H and O–H groups in total. The lowest BCUT2D eigenvalue weighted by Crippen LogP contribution is -2.52. The van der Waals surface area contributed by atoms with Gasteiger partial charge >= 0.3 is 0 Å². The van der Waals surface area contributed by atoms with Crippen molar-refractivity contribution in [3.05, 3.63) is 53.6 Å². The first kappa shape index (κ1) is 18.0. The average Bonchev–Trinajstić information content (AvgIpc) is 3.03. The van der Waals surface area contributed by atoms with Gasteiger partial charge in [-0.3, -0.25) is 9.59 Å². The fourth-order valence-corrected chi connectivity index (χ4v) is 5.38. The van der Waals surface area contributed by atoms with Crippen molar-refractivity contribution in [1.29, 1.82) is 0 Å². The van der Waals surface area contributed by atoms with Crippen molar-refractivity contribution in [2.75, 3.05) is 24.6 Å². The molecule has 0 bridgehead atoms. The summed E-state index contributed by atoms with van der Waals surface area (Å²) < 4.78 is 7.27. The third-order valence-electron chi connectivity index (χ3n) is 5.94. The minimum atomic E-state index is -0.573. The molecule has 29 heavy (non-hydrogen) atoms. The summed E-state index contributed by atoms with van der Waals surface area (Å²) in [6, 6.07) is 13.1. The molecule has 5 rings (SSSR count). The number of likely N-dealkylation sites (tertiary alicyclic amines) is 1. The van der Waals surface area contributed by atoms with Crippen LogP contribution >= 0.6 is 11.3 Å². The molecular weight excluding hydrogens is 386 g/mol. The Morgan fingerprint density at radius 2 is 1.83 bits per heavy atom. The Bertz CT molecular complexity index is 1150. The van der Waals surface area contributed by atoms with E-state index < -0.39 is 5.60 Å². The van der Waals surface area contributed by atoms with Gasteiger partial charge in [0, 0.05) is 41.7 Å². The summed E-state index contributed by atoms with van der Waals surface area (Å²) in [6.07, 6.45) is 1.49. The third-order valence-corrected chi connectivity index (χ3v) is 6.94. The number of hydrogen-bond donors (Lipinski definition) is 2. The number of thiophene rings is 1. The van der Waals surface area contributed by atoms with E-state index in [2.05, 4.69) is 0 Å². The van der Waals surface area contributed by atoms with E-state index in [1.54, 1.807) is 18.2 Å². The summed E-state index contributed by atoms with van der Waals surface area (Å²) in [5.41, 5.74) is 13.1. The van der Waals surface area contributed by atoms with E-state index in [0.29, 0.717) is 59.9 Å². The molecule has 1 fully saturated rings. The number of ketones is 1. The normalized spacial score (nSPS) is 17.9. The molecule has 1 aromatic heterocycles. The minimum Gasteiger partial charge on any atom is -0.486 e. The second kappa shape index (κ2) is 6.49. The SMILES string of the molecule is Nc1cccc2c1C(=O)CC1(CCN(C(=O)c3c(N)sc4ccccc34)CC1)O2. The first-order valence-electron chi connectivity index (χ1n) is 9.64. The van der Waals surface area contributed by atoms with Crippen LogP contribution in [0.2, 0.25) is 0 Å². The molecule has 0 atom stereocenters. The number of carbonyl (C=O) groups is 2. The number of anilines is 2. The molecule has 0 unspecified atom stereocenters. The third kappa shape index (κ3) is 2.84. The van der Waals surface area contributed by atoms with Gasteiger partial charge in [-0.05, 0) is 18.2 Å². The average molecular weight is 407 g/mol. The highest BCUT2D eigenvalue weighted by molar-refractivity contribution is 7.23. The van der Waals surface area contributed by atoms with Crippen molar-refractivity contribution in [2.45, 2.75) is 24.9 Å². The maximum atomic E-state index is 13.2. The number of amides is 1. The van der Waals surface area contributed by atoms with E-state index in [-0.39, 0.29) is 11.7 Å². The van der Waals surface area contributed by atoms with Gasteiger partial charge in [0.25, 0.3) is 5.91 Å². The number of nitrogen functional groups attached to an aromatic ring is 2. The van der Waals surface area contributed by atoms with Crippen LogP contribution in [0.1, 0.15) is 40.0 Å². The van der Waals surface area contributed by atoms with Crippen LogP contribution in [-0.2, 0) is 0 Å². The molecule has 2 aliphatic rings. The fraction of sp³-hybridized carbons (Fsp3) is 0.273. The van der Waals surface area contributed by atoms with E-state index in [4.69, 9.17) is 16.2 Å². The van der Waals surface area contributed by atoms with Crippen molar-refractivity contribution in [3.63, 3.8) is 0 Å². The number of carbonyl (C=O) groups excluding carboxylic acids is 2. The number of benzene rings is 2. The summed E-state index contributed by atoms with van der Waals surface area (Å²) >= 11 is 1.44. The number of nitrogens with zero attached hydrogens (tertiary/aromatic N) is 1. The van der Waals surface area contributed by atoms with Crippen LogP contribution in [0, 0.1) is 0 Å². The van der Waals surface area contributed by atoms with Gasteiger partial charge in [0.1, 0.15) is 11.4 Å². The lowest BCUT2D eigenvalue weighted by Gasteiger charge is -2.44. The zero-order valence-electron chi connectivity index (χ0n) is 15.8. The molecule has 0 aliphatic carbocycles. The van der Waals surface area contributed by atoms with Gasteiger partial charge in [0.15, 0.2) is 5.78 Å². The summed E-state index contributed by atoms with van der Waals surface area (Å²) in [5, 5.41) is 1.44. The Morgan fingerprint density at radius 3 is 2.62 bits per heavy atom. The summed E-state index contributed by atoms with van der Waals surface area (Å²) in [5.74, 6) is 0.507. The molecule has 3 heterocycles. The van der Waals surface area contributed by atoms with Gasteiger partial charge in [0.05, 0.1) is 22.5 Å². The molecule has 0 radical (unpaired) electrons. The zero-order valence-corrected chi connectivity index (χ0v) is 16.6. The molecule has 0 saturated carbocycles. The predicted molar refractivity (Wildman–Crippen MR) is 115 cm³/mol. The number of piperidine rings is 1. The highest BCUT2D eigenvalue weighted by Crippen LogP contribution is 2.42. The molecule has 1 spiro atoms. The molecule has 148 valence electrons. The molecule has 2 aliphatic heterocycles. The maximum absolute atomic E-state index is 13.2. The molecule has 7 heteroatoms. The number of hydrogen-bond acceptors (Lipinski definition) is 6. The number of Topliss-reactive ketones (excluding diaryl/α,β-unsaturated/α-hetero) is 1. The Hall–Kier alpha value is -3.06. The van der Waals surface area contributed by atoms with E-state index in [0.717, 1.165) is 10.1 Å². The Kier molecular flexibility index (Phi) is 4.03. The summed E-state index contributed by atoms with van der Waals surface area (Å²) in [7, 11) is 0. The highest BCUT2D eigenvalue weighted by Gasteiger charge is 2.44. The largest absolute Gasteiger partial charge is 0.486 e. The van der Waals surface area contributed by atoms with Gasteiger partial charge in [-0.25, -0.2) is 0 Å². The first-order chi connectivity index (χ1) is 14.0. The second-order valence-corrected chi connectivity index (χ2v) is 8.82. The van der Waals surface area contributed by atoms with Crippen LogP contribution in [-0.4, -0.2) is 35.3 Å². The van der Waals surface area contributed by atoms with Crippen LogP contribution in [0.25, 0.3) is 10.1 Å². The number of ether oxygens (including phenoxy) is 1. The maximum Gasteiger partial charge on any atom is 0.257 e. The van der Waals surface area contributed by atoms with Crippen LogP contribution in [0.3, 0.4) is 0 Å². The Balaban J connectivity index is 1.37. The highest BCUT2D eigenvalue weighted by atomic mass is 32.1. The molecule has 1 amide bonds. The van der Waals surface area contributed by atoms with Gasteiger partial charge in [-0.2, -0.15) is 0 Å². The topological polar surface area (TPSA) is 98.7 Å². The van der Waals surface area contributed by atoms with Gasteiger partial charge < -0.3 is 21.1 Å². The zero-order chi connectivity index (χ0) is 20.2. The number of fused-ring (bicyclic) bond motifs is 2. The number of rotatable bonds is 1. The van der Waals surface area contributed by atoms with Crippen LogP contribution in [0.4, 0.5) is 10.7 Å². The molecular formula is C22H21N3O3S. The van der Waals surface area contributed by atoms with Gasteiger partial charge in [-0.1, -0.05) is 24.3 Å². The number of nitrogens with two attached hydrogens (primary N) is 2. The van der Waals surface area contributed by atoms with Gasteiger partial charge in [0.2, 0.25) is 0 Å². The molecule has 1 saturated heterocycles. The Labute approximate surface area is 172 Å². The summed E-state index contributed by atoms with van der Waals surface area (Å²) in [6.45, 7) is 1.04. The lowest BCUT2D eigenvalue weighted by atomic mass is 9.82. The smallest absolute Gasteiger partial charge is 0.257 e. The van der Waals surface area contributed by atoms with Crippen LogP contribution < -0.4 is 16.2 Å². The predicted octanol–water partition coefficient (Wildman–Crippen LogP) is 3.71. The second-order valence-electron chi connectivity index (χ2n) is 7.74. The van der Waals surface area contributed by atoms with Crippen molar-refractivity contribution in [2.24, 2.45) is 0 Å². The van der Waals surface area contributed by atoms with Crippen LogP contribution in [0.5, 0.6) is 5.75 Å². The fourth-order valence-electron chi connectivity index (χ4n) is 4.42. The van der Waals surface area contributed by atoms with Crippen molar-refractivity contribution >= 4 is 43.8 Å². The molecule has 6 nitrogen and oxygen atoms in total. The van der Waals surface area contributed by atoms with E-state index in [9.17, 15) is 9.59 Å². The van der Waals surface area contributed by atoms with Crippen molar-refractivity contribution in [3.8, 4) is 5.75 Å². The summed E-state index contributed by atoms with van der Waals surface area (Å²) in [4.78, 5) is 27.7. The quantitative estimate of drug-likeness (QED) is 0.599. The standard InChI is InChI=1S/C22H21N3O3S/c23-14-5-3-6-16-19(14)15(26)12-22(28-16)8-10-25(11-9-22)21(27)18-13-4-1-2-7-17(13)29-20(18)24/h1-7H,8-12,23-24H2. The van der Waals surface area contributed by atoms with E-state index in [1.807, 2.05) is 29.2 Å². The molecule has 2 aromatic carbocycles. The minimum absolute atomic E-state index is 0.0113. The first-order valence-corrected chi connectivity index (χ1v) is 10.5. The Morgan fingerprint density at radius 1 is 1.07 bits per heavy atom. The van der Waals surface area contributed by atoms with E-state index >= 15 is 0 Å². The van der Waals surface area contributed by atoms with Gasteiger partial charge in [-0.15, -0.1) is 11.3 Å². The monoisotopic (exact) mass is 407 g/mol. The van der Waals surface area contributed by atoms with Crippen molar-refractivity contribution < 1.29 is 14.3 Å². The molecule has 3 aromatic rings. The lowest BCUT2D eigenvalue weighted by molar-refractivity contribution is -0.00549. The van der Waals surface area contributed by atoms with E-state index in [1.165, 1.54) is 11.3 Å². The van der Waals surface area contributed by atoms with Crippen LogP contribution in [0.15, 0.2) is 42.5 Å². The van der Waals surface area contributed by atoms with Crippen molar-refractivity contribution in [1.82, 2.24) is 4.90 Å².